The van der Waals surface area contributed by atoms with Crippen LogP contribution >= 0.6 is 11.5 Å². The molecule has 0 amide bonds. The molecule has 1 heterocycles. The van der Waals surface area contributed by atoms with E-state index in [1.54, 1.807) is 7.11 Å². The van der Waals surface area contributed by atoms with Crippen molar-refractivity contribution in [1.29, 1.82) is 0 Å². The summed E-state index contributed by atoms with van der Waals surface area (Å²) in [6.45, 7) is 0.811. The standard InChI is InChI=1S/C17H16N2OS/c1-20-15-9-7-14(8-10-15)16-11-17(21-19-16)18-12-13-5-3-2-4-6-13/h2-11,18H,12H2,1H3. The van der Waals surface area contributed by atoms with E-state index in [2.05, 4.69) is 27.9 Å². The second-order valence-corrected chi connectivity index (χ2v) is 5.45. The number of rotatable bonds is 5. The zero-order valence-corrected chi connectivity index (χ0v) is 12.6. The maximum absolute atomic E-state index is 5.17. The molecule has 0 spiro atoms. The molecule has 106 valence electrons. The first-order valence-electron chi connectivity index (χ1n) is 6.74. The van der Waals surface area contributed by atoms with Gasteiger partial charge in [0.25, 0.3) is 0 Å². The van der Waals surface area contributed by atoms with Crippen molar-refractivity contribution in [2.75, 3.05) is 12.4 Å². The molecule has 0 radical (unpaired) electrons. The van der Waals surface area contributed by atoms with E-state index >= 15 is 0 Å². The van der Waals surface area contributed by atoms with Gasteiger partial charge in [-0.1, -0.05) is 30.3 Å². The van der Waals surface area contributed by atoms with Crippen LogP contribution in [0, 0.1) is 0 Å². The van der Waals surface area contributed by atoms with Gasteiger partial charge in [-0.2, -0.15) is 4.37 Å². The van der Waals surface area contributed by atoms with E-state index in [9.17, 15) is 0 Å². The molecular weight excluding hydrogens is 280 g/mol. The van der Waals surface area contributed by atoms with E-state index in [0.29, 0.717) is 0 Å². The summed E-state index contributed by atoms with van der Waals surface area (Å²) in [5.74, 6) is 0.858. The Kier molecular flexibility index (Phi) is 4.17. The highest BCUT2D eigenvalue weighted by Crippen LogP contribution is 2.27. The third-order valence-corrected chi connectivity index (χ3v) is 3.95. The molecule has 3 rings (SSSR count). The molecule has 3 aromatic rings. The molecule has 0 bridgehead atoms. The third-order valence-electron chi connectivity index (χ3n) is 3.21. The summed E-state index contributed by atoms with van der Waals surface area (Å²) in [5, 5.41) is 4.48. The summed E-state index contributed by atoms with van der Waals surface area (Å²) in [7, 11) is 1.67. The summed E-state index contributed by atoms with van der Waals surface area (Å²) in [6, 6.07) is 20.4. The first-order chi connectivity index (χ1) is 10.3. The van der Waals surface area contributed by atoms with Crippen molar-refractivity contribution < 1.29 is 4.74 Å². The fourth-order valence-corrected chi connectivity index (χ4v) is 2.70. The van der Waals surface area contributed by atoms with Crippen LogP contribution in [0.3, 0.4) is 0 Å². The molecular formula is C17H16N2OS. The Morgan fingerprint density at radius 1 is 1.05 bits per heavy atom. The average molecular weight is 296 g/mol. The van der Waals surface area contributed by atoms with Crippen molar-refractivity contribution in [3.8, 4) is 17.0 Å². The van der Waals surface area contributed by atoms with Crippen molar-refractivity contribution in [3.63, 3.8) is 0 Å². The quantitative estimate of drug-likeness (QED) is 0.756. The lowest BCUT2D eigenvalue weighted by molar-refractivity contribution is 0.415. The van der Waals surface area contributed by atoms with E-state index in [1.165, 1.54) is 17.1 Å². The topological polar surface area (TPSA) is 34.1 Å². The molecule has 0 aliphatic heterocycles. The van der Waals surface area contributed by atoms with Crippen LogP contribution in [0.2, 0.25) is 0 Å². The van der Waals surface area contributed by atoms with Gasteiger partial charge in [0.15, 0.2) is 0 Å². The van der Waals surface area contributed by atoms with Crippen molar-refractivity contribution >= 4 is 16.5 Å². The van der Waals surface area contributed by atoms with Crippen LogP contribution in [-0.2, 0) is 6.54 Å². The minimum atomic E-state index is 0.811. The monoisotopic (exact) mass is 296 g/mol. The lowest BCUT2D eigenvalue weighted by Crippen LogP contribution is -1.96. The van der Waals surface area contributed by atoms with E-state index in [1.807, 2.05) is 42.5 Å². The fourth-order valence-electron chi connectivity index (χ4n) is 2.04. The number of nitrogens with zero attached hydrogens (tertiary/aromatic N) is 1. The SMILES string of the molecule is COc1ccc(-c2cc(NCc3ccccc3)sn2)cc1. The Bertz CT molecular complexity index is 692. The van der Waals surface area contributed by atoms with Gasteiger partial charge in [0.2, 0.25) is 0 Å². The second kappa shape index (κ2) is 6.41. The maximum atomic E-state index is 5.17. The van der Waals surface area contributed by atoms with Crippen molar-refractivity contribution in [2.24, 2.45) is 0 Å². The van der Waals surface area contributed by atoms with Crippen molar-refractivity contribution in [2.45, 2.75) is 6.54 Å². The van der Waals surface area contributed by atoms with Gasteiger partial charge in [-0.15, -0.1) is 0 Å². The Hall–Kier alpha value is -2.33. The molecule has 1 N–H and O–H groups in total. The van der Waals surface area contributed by atoms with Gasteiger partial charge in [0, 0.05) is 18.2 Å². The summed E-state index contributed by atoms with van der Waals surface area (Å²) >= 11 is 1.48. The van der Waals surface area contributed by atoms with Crippen molar-refractivity contribution in [1.82, 2.24) is 4.37 Å². The van der Waals surface area contributed by atoms with Gasteiger partial charge in [-0.05, 0) is 41.4 Å². The van der Waals surface area contributed by atoms with Crippen LogP contribution in [0.15, 0.2) is 60.7 Å². The summed E-state index contributed by atoms with van der Waals surface area (Å²) in [4.78, 5) is 0. The van der Waals surface area contributed by atoms with Crippen LogP contribution in [-0.4, -0.2) is 11.5 Å². The molecule has 0 aliphatic carbocycles. The normalized spacial score (nSPS) is 10.3. The third kappa shape index (κ3) is 3.41. The van der Waals surface area contributed by atoms with E-state index in [-0.39, 0.29) is 0 Å². The van der Waals surface area contributed by atoms with E-state index in [0.717, 1.165) is 28.6 Å². The van der Waals surface area contributed by atoms with Crippen LogP contribution in [0.4, 0.5) is 5.00 Å². The minimum Gasteiger partial charge on any atom is -0.497 e. The molecule has 0 saturated carbocycles. The predicted molar refractivity (Wildman–Crippen MR) is 87.9 cm³/mol. The summed E-state index contributed by atoms with van der Waals surface area (Å²) < 4.78 is 9.66. The molecule has 0 unspecified atom stereocenters. The molecule has 1 aromatic heterocycles. The summed E-state index contributed by atoms with van der Waals surface area (Å²) in [6.07, 6.45) is 0. The number of nitrogens with one attached hydrogen (secondary N) is 1. The maximum Gasteiger partial charge on any atom is 0.118 e. The molecule has 21 heavy (non-hydrogen) atoms. The molecule has 0 aliphatic rings. The van der Waals surface area contributed by atoms with Gasteiger partial charge in [-0.3, -0.25) is 0 Å². The average Bonchev–Trinajstić information content (AvgIpc) is 3.03. The van der Waals surface area contributed by atoms with Gasteiger partial charge in [-0.25, -0.2) is 0 Å². The van der Waals surface area contributed by atoms with Crippen LogP contribution in [0.1, 0.15) is 5.56 Å². The Balaban J connectivity index is 1.68. The molecule has 0 atom stereocenters. The number of methoxy groups -OCH3 is 1. The number of hydrogen-bond donors (Lipinski definition) is 1. The molecule has 2 aromatic carbocycles. The number of benzene rings is 2. The first kappa shape index (κ1) is 13.6. The largest absolute Gasteiger partial charge is 0.497 e. The fraction of sp³-hybridized carbons (Fsp3) is 0.118. The second-order valence-electron chi connectivity index (χ2n) is 4.64. The van der Waals surface area contributed by atoms with Crippen LogP contribution in [0.5, 0.6) is 5.75 Å². The lowest BCUT2D eigenvalue weighted by Gasteiger charge is -2.02. The van der Waals surface area contributed by atoms with Gasteiger partial charge >= 0.3 is 0 Å². The zero-order valence-electron chi connectivity index (χ0n) is 11.7. The molecule has 0 fully saturated rings. The Morgan fingerprint density at radius 2 is 1.81 bits per heavy atom. The number of anilines is 1. The highest BCUT2D eigenvalue weighted by Gasteiger charge is 2.04. The Morgan fingerprint density at radius 3 is 2.52 bits per heavy atom. The zero-order chi connectivity index (χ0) is 14.5. The number of aromatic nitrogens is 1. The Labute approximate surface area is 128 Å². The molecule has 0 saturated heterocycles. The van der Waals surface area contributed by atoms with Crippen LogP contribution < -0.4 is 10.1 Å². The number of hydrogen-bond acceptors (Lipinski definition) is 4. The first-order valence-corrected chi connectivity index (χ1v) is 7.51. The van der Waals surface area contributed by atoms with Crippen LogP contribution in [0.25, 0.3) is 11.3 Å². The lowest BCUT2D eigenvalue weighted by atomic mass is 10.1. The molecule has 3 nitrogen and oxygen atoms in total. The van der Waals surface area contributed by atoms with Crippen molar-refractivity contribution in [3.05, 3.63) is 66.2 Å². The minimum absolute atomic E-state index is 0.811. The molecule has 4 heteroatoms. The van der Waals surface area contributed by atoms with E-state index < -0.39 is 0 Å². The number of ether oxygens (including phenoxy) is 1. The summed E-state index contributed by atoms with van der Waals surface area (Å²) in [5.41, 5.74) is 3.34. The highest BCUT2D eigenvalue weighted by molar-refractivity contribution is 7.10. The smallest absolute Gasteiger partial charge is 0.118 e. The highest BCUT2D eigenvalue weighted by atomic mass is 32.1. The van der Waals surface area contributed by atoms with E-state index in [4.69, 9.17) is 4.74 Å². The van der Waals surface area contributed by atoms with Gasteiger partial charge in [0.1, 0.15) is 10.8 Å². The van der Waals surface area contributed by atoms with Gasteiger partial charge < -0.3 is 10.1 Å². The van der Waals surface area contributed by atoms with Gasteiger partial charge in [0.05, 0.1) is 12.8 Å². The predicted octanol–water partition coefficient (Wildman–Crippen LogP) is 4.43.